The summed E-state index contributed by atoms with van der Waals surface area (Å²) >= 11 is 0. The van der Waals surface area contributed by atoms with Crippen LogP contribution in [0.4, 0.5) is 0 Å². The van der Waals surface area contributed by atoms with E-state index in [1.165, 1.54) is 0 Å². The number of hydrogen-bond acceptors (Lipinski definition) is 3. The Morgan fingerprint density at radius 1 is 1.32 bits per heavy atom. The van der Waals surface area contributed by atoms with E-state index in [2.05, 4.69) is 5.32 Å². The van der Waals surface area contributed by atoms with Crippen LogP contribution in [-0.4, -0.2) is 46.9 Å². The molecule has 2 N–H and O–H groups in total. The summed E-state index contributed by atoms with van der Waals surface area (Å²) in [6.07, 6.45) is 3.19. The minimum absolute atomic E-state index is 0.0805. The number of hydrogen-bond donors (Lipinski definition) is 2. The Labute approximate surface area is 132 Å². The van der Waals surface area contributed by atoms with Crippen LogP contribution in [0, 0.1) is 11.8 Å². The first kappa shape index (κ1) is 18.5. The molecule has 2 amide bonds. The molecule has 22 heavy (non-hydrogen) atoms. The van der Waals surface area contributed by atoms with Gasteiger partial charge in [0.2, 0.25) is 11.8 Å². The molecule has 0 bridgehead atoms. The Balaban J connectivity index is 2.60. The Bertz CT molecular complexity index is 409. The summed E-state index contributed by atoms with van der Waals surface area (Å²) in [5.41, 5.74) is 0. The molecule has 0 aromatic heterocycles. The van der Waals surface area contributed by atoms with E-state index in [1.807, 2.05) is 20.8 Å². The first-order chi connectivity index (χ1) is 10.3. The van der Waals surface area contributed by atoms with Gasteiger partial charge in [0.25, 0.3) is 0 Å². The topological polar surface area (TPSA) is 86.7 Å². The van der Waals surface area contributed by atoms with Gasteiger partial charge in [-0.2, -0.15) is 0 Å². The third-order valence-electron chi connectivity index (χ3n) is 3.93. The number of aliphatic carboxylic acids is 1. The molecular formula is C16H28N2O4. The molecule has 1 heterocycles. The van der Waals surface area contributed by atoms with Crippen LogP contribution in [0.2, 0.25) is 0 Å². The fraction of sp³-hybridized carbons (Fsp3) is 0.812. The largest absolute Gasteiger partial charge is 0.480 e. The van der Waals surface area contributed by atoms with Crippen molar-refractivity contribution in [2.45, 2.75) is 58.9 Å². The molecule has 6 nitrogen and oxygen atoms in total. The van der Waals surface area contributed by atoms with Crippen LogP contribution in [-0.2, 0) is 14.4 Å². The number of carbonyl (C=O) groups excluding carboxylic acids is 2. The smallest absolute Gasteiger partial charge is 0.326 e. The lowest BCUT2D eigenvalue weighted by Gasteiger charge is -2.32. The van der Waals surface area contributed by atoms with E-state index in [1.54, 1.807) is 4.90 Å². The van der Waals surface area contributed by atoms with Crippen molar-refractivity contribution in [2.24, 2.45) is 11.8 Å². The van der Waals surface area contributed by atoms with Crippen molar-refractivity contribution in [2.75, 3.05) is 13.1 Å². The molecule has 0 radical (unpaired) electrons. The lowest BCUT2D eigenvalue weighted by Crippen LogP contribution is -2.49. The molecule has 1 aliphatic heterocycles. The molecule has 1 aliphatic rings. The summed E-state index contributed by atoms with van der Waals surface area (Å²) in [5, 5.41) is 11.8. The number of nitrogens with one attached hydrogen (secondary N) is 1. The lowest BCUT2D eigenvalue weighted by molar-refractivity contribution is -0.144. The summed E-state index contributed by atoms with van der Waals surface area (Å²) in [6.45, 7) is 6.90. The van der Waals surface area contributed by atoms with Gasteiger partial charge < -0.3 is 15.3 Å². The second-order valence-corrected chi connectivity index (χ2v) is 6.46. The summed E-state index contributed by atoms with van der Waals surface area (Å²) in [5.74, 6) is -1.28. The van der Waals surface area contributed by atoms with Crippen LogP contribution >= 0.6 is 0 Å². The maximum Gasteiger partial charge on any atom is 0.326 e. The van der Waals surface area contributed by atoms with Crippen molar-refractivity contribution in [3.63, 3.8) is 0 Å². The van der Waals surface area contributed by atoms with Crippen LogP contribution in [0.5, 0.6) is 0 Å². The molecular weight excluding hydrogens is 284 g/mol. The summed E-state index contributed by atoms with van der Waals surface area (Å²) in [4.78, 5) is 37.2. The molecule has 126 valence electrons. The van der Waals surface area contributed by atoms with Gasteiger partial charge in [-0.25, -0.2) is 4.79 Å². The van der Waals surface area contributed by atoms with Gasteiger partial charge in [0.1, 0.15) is 6.04 Å². The predicted molar refractivity (Wildman–Crippen MR) is 83.2 cm³/mol. The van der Waals surface area contributed by atoms with Gasteiger partial charge in [0.05, 0.1) is 5.92 Å². The summed E-state index contributed by atoms with van der Waals surface area (Å²) in [7, 11) is 0. The zero-order valence-corrected chi connectivity index (χ0v) is 13.8. The van der Waals surface area contributed by atoms with E-state index in [9.17, 15) is 19.5 Å². The average Bonchev–Trinajstić information content (AvgIpc) is 2.46. The fourth-order valence-electron chi connectivity index (χ4n) is 2.77. The summed E-state index contributed by atoms with van der Waals surface area (Å²) in [6, 6.07) is -0.853. The molecule has 1 saturated heterocycles. The normalized spacial score (nSPS) is 19.8. The monoisotopic (exact) mass is 312 g/mol. The number of likely N-dealkylation sites (tertiary alicyclic amines) is 1. The maximum atomic E-state index is 12.3. The molecule has 1 rings (SSSR count). The van der Waals surface area contributed by atoms with Crippen molar-refractivity contribution in [1.82, 2.24) is 10.2 Å². The van der Waals surface area contributed by atoms with Gasteiger partial charge in [-0.05, 0) is 31.6 Å². The van der Waals surface area contributed by atoms with Crippen LogP contribution in [0.3, 0.4) is 0 Å². The molecule has 6 heteroatoms. The zero-order chi connectivity index (χ0) is 16.7. The van der Waals surface area contributed by atoms with Crippen molar-refractivity contribution in [1.29, 1.82) is 0 Å². The van der Waals surface area contributed by atoms with E-state index in [0.717, 1.165) is 12.8 Å². The van der Waals surface area contributed by atoms with E-state index < -0.39 is 12.0 Å². The minimum Gasteiger partial charge on any atom is -0.480 e. The third kappa shape index (κ3) is 5.66. The number of nitrogens with zero attached hydrogens (tertiary/aromatic N) is 1. The Morgan fingerprint density at radius 3 is 2.55 bits per heavy atom. The van der Waals surface area contributed by atoms with E-state index in [4.69, 9.17) is 0 Å². The van der Waals surface area contributed by atoms with Gasteiger partial charge in [-0.3, -0.25) is 9.59 Å². The molecule has 0 aliphatic carbocycles. The molecule has 0 aromatic rings. The van der Waals surface area contributed by atoms with Gasteiger partial charge in [-0.1, -0.05) is 20.8 Å². The Kier molecular flexibility index (Phi) is 7.35. The van der Waals surface area contributed by atoms with Crippen LogP contribution < -0.4 is 5.32 Å². The molecule has 1 unspecified atom stereocenters. The summed E-state index contributed by atoms with van der Waals surface area (Å²) < 4.78 is 0. The number of piperidine rings is 1. The fourth-order valence-corrected chi connectivity index (χ4v) is 2.77. The molecule has 0 aromatic carbocycles. The number of carboxylic acids is 1. The molecule has 0 saturated carbocycles. The average molecular weight is 312 g/mol. The third-order valence-corrected chi connectivity index (χ3v) is 3.93. The van der Waals surface area contributed by atoms with Gasteiger partial charge in [0, 0.05) is 19.5 Å². The van der Waals surface area contributed by atoms with E-state index in [-0.39, 0.29) is 23.7 Å². The second kappa shape index (κ2) is 8.76. The first-order valence-electron chi connectivity index (χ1n) is 8.16. The first-order valence-corrected chi connectivity index (χ1v) is 8.16. The van der Waals surface area contributed by atoms with Gasteiger partial charge >= 0.3 is 5.97 Å². The number of amides is 2. The molecule has 1 fully saturated rings. The van der Waals surface area contributed by atoms with E-state index in [0.29, 0.717) is 32.4 Å². The highest BCUT2D eigenvalue weighted by Gasteiger charge is 2.30. The Hall–Kier alpha value is -1.59. The highest BCUT2D eigenvalue weighted by atomic mass is 16.4. The maximum absolute atomic E-state index is 12.3. The van der Waals surface area contributed by atoms with Crippen LogP contribution in [0.15, 0.2) is 0 Å². The zero-order valence-electron chi connectivity index (χ0n) is 13.8. The van der Waals surface area contributed by atoms with Gasteiger partial charge in [0.15, 0.2) is 0 Å². The highest BCUT2D eigenvalue weighted by Crippen LogP contribution is 2.18. The van der Waals surface area contributed by atoms with Crippen LogP contribution in [0.1, 0.15) is 52.9 Å². The van der Waals surface area contributed by atoms with Crippen molar-refractivity contribution in [3.05, 3.63) is 0 Å². The molecule has 2 atom stereocenters. The predicted octanol–water partition coefficient (Wildman–Crippen LogP) is 1.64. The second-order valence-electron chi connectivity index (χ2n) is 6.46. The number of carboxylic acid groups (broad SMARTS) is 1. The SMILES string of the molecule is CCCC(=O)N1CCCC(C(=O)N[C@@H](CC(C)C)C(=O)O)C1. The lowest BCUT2D eigenvalue weighted by atomic mass is 9.95. The minimum atomic E-state index is -1.00. The standard InChI is InChI=1S/C16H28N2O4/c1-4-6-14(19)18-8-5-7-12(10-18)15(20)17-13(16(21)22)9-11(2)3/h11-13H,4-10H2,1-3H3,(H,17,20)(H,21,22)/t12?,13-/m0/s1. The molecule has 0 spiro atoms. The van der Waals surface area contributed by atoms with Crippen LogP contribution in [0.25, 0.3) is 0 Å². The quantitative estimate of drug-likeness (QED) is 0.748. The number of carbonyl (C=O) groups is 3. The van der Waals surface area contributed by atoms with Crippen molar-refractivity contribution in [3.8, 4) is 0 Å². The van der Waals surface area contributed by atoms with Crippen molar-refractivity contribution >= 4 is 17.8 Å². The Morgan fingerprint density at radius 2 is 2.00 bits per heavy atom. The highest BCUT2D eigenvalue weighted by molar-refractivity contribution is 5.86. The van der Waals surface area contributed by atoms with Gasteiger partial charge in [-0.15, -0.1) is 0 Å². The van der Waals surface area contributed by atoms with E-state index >= 15 is 0 Å². The number of rotatable bonds is 7. The van der Waals surface area contributed by atoms with Crippen molar-refractivity contribution < 1.29 is 19.5 Å².